The van der Waals surface area contributed by atoms with E-state index < -0.39 is 0 Å². The zero-order valence-corrected chi connectivity index (χ0v) is 12.0. The van der Waals surface area contributed by atoms with Gasteiger partial charge in [-0.2, -0.15) is 0 Å². The fourth-order valence-electron chi connectivity index (χ4n) is 3.64. The SMILES string of the molecule is CCN1CCC2(CC1)CCN(c1ccncc1)CC2. The van der Waals surface area contributed by atoms with Crippen LogP contribution in [0.2, 0.25) is 0 Å². The molecule has 2 aliphatic rings. The van der Waals surface area contributed by atoms with Crippen molar-refractivity contribution in [3.63, 3.8) is 0 Å². The summed E-state index contributed by atoms with van der Waals surface area (Å²) in [5.74, 6) is 0. The van der Waals surface area contributed by atoms with Crippen molar-refractivity contribution in [2.24, 2.45) is 5.41 Å². The van der Waals surface area contributed by atoms with Gasteiger partial charge in [0.25, 0.3) is 0 Å². The molecule has 2 aliphatic heterocycles. The summed E-state index contributed by atoms with van der Waals surface area (Å²) < 4.78 is 0. The highest BCUT2D eigenvalue weighted by Gasteiger charge is 2.37. The first-order valence-corrected chi connectivity index (χ1v) is 7.69. The maximum atomic E-state index is 4.11. The third-order valence-electron chi connectivity index (χ3n) is 5.22. The molecule has 3 heteroatoms. The Hall–Kier alpha value is -1.09. The van der Waals surface area contributed by atoms with Gasteiger partial charge in [-0.25, -0.2) is 0 Å². The van der Waals surface area contributed by atoms with E-state index in [9.17, 15) is 0 Å². The summed E-state index contributed by atoms with van der Waals surface area (Å²) in [5.41, 5.74) is 1.99. The Bertz CT molecular complexity index is 386. The molecular weight excluding hydrogens is 234 g/mol. The van der Waals surface area contributed by atoms with E-state index in [1.165, 1.54) is 64.1 Å². The summed E-state index contributed by atoms with van der Waals surface area (Å²) in [4.78, 5) is 9.23. The molecule has 19 heavy (non-hydrogen) atoms. The number of aromatic nitrogens is 1. The first-order valence-electron chi connectivity index (χ1n) is 7.69. The number of hydrogen-bond acceptors (Lipinski definition) is 3. The second-order valence-corrected chi connectivity index (χ2v) is 6.13. The molecule has 1 spiro atoms. The van der Waals surface area contributed by atoms with Crippen LogP contribution in [-0.2, 0) is 0 Å². The van der Waals surface area contributed by atoms with Crippen LogP contribution in [0, 0.1) is 5.41 Å². The first-order chi connectivity index (χ1) is 9.31. The maximum absolute atomic E-state index is 4.11. The van der Waals surface area contributed by atoms with Gasteiger partial charge in [-0.3, -0.25) is 4.98 Å². The predicted octanol–water partition coefficient (Wildman–Crippen LogP) is 2.78. The van der Waals surface area contributed by atoms with E-state index in [0.29, 0.717) is 5.41 Å². The number of anilines is 1. The van der Waals surface area contributed by atoms with Crippen LogP contribution < -0.4 is 4.90 Å². The van der Waals surface area contributed by atoms with Crippen molar-refractivity contribution >= 4 is 5.69 Å². The van der Waals surface area contributed by atoms with E-state index in [-0.39, 0.29) is 0 Å². The molecule has 2 saturated heterocycles. The van der Waals surface area contributed by atoms with Crippen molar-refractivity contribution in [3.8, 4) is 0 Å². The molecule has 0 unspecified atom stereocenters. The van der Waals surface area contributed by atoms with Crippen LogP contribution in [0.25, 0.3) is 0 Å². The van der Waals surface area contributed by atoms with Gasteiger partial charge in [0.05, 0.1) is 0 Å². The zero-order chi connectivity index (χ0) is 13.1. The maximum Gasteiger partial charge on any atom is 0.0397 e. The summed E-state index contributed by atoms with van der Waals surface area (Å²) in [6.45, 7) is 8.56. The third kappa shape index (κ3) is 2.76. The van der Waals surface area contributed by atoms with E-state index in [0.717, 1.165) is 0 Å². The topological polar surface area (TPSA) is 19.4 Å². The zero-order valence-electron chi connectivity index (χ0n) is 12.0. The van der Waals surface area contributed by atoms with Gasteiger partial charge in [0.2, 0.25) is 0 Å². The van der Waals surface area contributed by atoms with Crippen LogP contribution in [-0.4, -0.2) is 42.6 Å². The van der Waals surface area contributed by atoms with Crippen molar-refractivity contribution in [2.75, 3.05) is 37.6 Å². The van der Waals surface area contributed by atoms with Crippen molar-refractivity contribution in [2.45, 2.75) is 32.6 Å². The average molecular weight is 259 g/mol. The van der Waals surface area contributed by atoms with E-state index in [1.54, 1.807) is 0 Å². The van der Waals surface area contributed by atoms with Crippen LogP contribution >= 0.6 is 0 Å². The van der Waals surface area contributed by atoms with Crippen LogP contribution in [0.5, 0.6) is 0 Å². The highest BCUT2D eigenvalue weighted by molar-refractivity contribution is 5.45. The quantitative estimate of drug-likeness (QED) is 0.814. The minimum absolute atomic E-state index is 0.648. The van der Waals surface area contributed by atoms with E-state index >= 15 is 0 Å². The second-order valence-electron chi connectivity index (χ2n) is 6.13. The van der Waals surface area contributed by atoms with Gasteiger partial charge in [-0.1, -0.05) is 6.92 Å². The number of likely N-dealkylation sites (tertiary alicyclic amines) is 1. The molecule has 3 nitrogen and oxygen atoms in total. The van der Waals surface area contributed by atoms with Gasteiger partial charge in [-0.15, -0.1) is 0 Å². The Labute approximate surface area is 116 Å². The first kappa shape index (κ1) is 12.9. The molecule has 1 aromatic heterocycles. The molecule has 0 aromatic carbocycles. The molecule has 0 saturated carbocycles. The van der Waals surface area contributed by atoms with E-state index in [1.807, 2.05) is 12.4 Å². The monoisotopic (exact) mass is 259 g/mol. The summed E-state index contributed by atoms with van der Waals surface area (Å²) in [5, 5.41) is 0. The molecule has 0 bridgehead atoms. The van der Waals surface area contributed by atoms with Crippen LogP contribution in [0.1, 0.15) is 32.6 Å². The van der Waals surface area contributed by atoms with Crippen molar-refractivity contribution < 1.29 is 0 Å². The van der Waals surface area contributed by atoms with Crippen LogP contribution in [0.15, 0.2) is 24.5 Å². The molecule has 3 rings (SSSR count). The Morgan fingerprint density at radius 2 is 1.58 bits per heavy atom. The molecule has 3 heterocycles. The smallest absolute Gasteiger partial charge is 0.0397 e. The molecule has 0 amide bonds. The Morgan fingerprint density at radius 3 is 2.16 bits per heavy atom. The largest absolute Gasteiger partial charge is 0.371 e. The van der Waals surface area contributed by atoms with Gasteiger partial charge in [0.15, 0.2) is 0 Å². The van der Waals surface area contributed by atoms with Gasteiger partial charge >= 0.3 is 0 Å². The molecule has 104 valence electrons. The van der Waals surface area contributed by atoms with Gasteiger partial charge < -0.3 is 9.80 Å². The highest BCUT2D eigenvalue weighted by Crippen LogP contribution is 2.41. The number of pyridine rings is 1. The minimum Gasteiger partial charge on any atom is -0.371 e. The predicted molar refractivity (Wildman–Crippen MR) is 79.5 cm³/mol. The van der Waals surface area contributed by atoms with Gasteiger partial charge in [0.1, 0.15) is 0 Å². The highest BCUT2D eigenvalue weighted by atomic mass is 15.2. The summed E-state index contributed by atoms with van der Waals surface area (Å²) in [6.07, 6.45) is 9.36. The molecule has 0 radical (unpaired) electrons. The average Bonchev–Trinajstić information content (AvgIpc) is 2.50. The molecular formula is C16H25N3. The number of rotatable bonds is 2. The van der Waals surface area contributed by atoms with Gasteiger partial charge in [-0.05, 0) is 62.9 Å². The fourth-order valence-corrected chi connectivity index (χ4v) is 3.64. The Kier molecular flexibility index (Phi) is 3.74. The molecule has 2 fully saturated rings. The molecule has 0 atom stereocenters. The fraction of sp³-hybridized carbons (Fsp3) is 0.688. The van der Waals surface area contributed by atoms with Gasteiger partial charge in [0, 0.05) is 31.2 Å². The van der Waals surface area contributed by atoms with Crippen LogP contribution in [0.4, 0.5) is 5.69 Å². The number of nitrogens with zero attached hydrogens (tertiary/aromatic N) is 3. The summed E-state index contributed by atoms with van der Waals surface area (Å²) >= 11 is 0. The number of hydrogen-bond donors (Lipinski definition) is 0. The Balaban J connectivity index is 1.58. The van der Waals surface area contributed by atoms with E-state index in [4.69, 9.17) is 0 Å². The normalized spacial score (nSPS) is 23.7. The van der Waals surface area contributed by atoms with Crippen molar-refractivity contribution in [3.05, 3.63) is 24.5 Å². The van der Waals surface area contributed by atoms with E-state index in [2.05, 4.69) is 33.8 Å². The summed E-state index contributed by atoms with van der Waals surface area (Å²) in [6, 6.07) is 4.27. The standard InChI is InChI=1S/C16H25N3/c1-2-18-11-5-16(6-12-18)7-13-19(14-8-16)15-3-9-17-10-4-15/h3-4,9-10H,2,5-8,11-14H2,1H3. The lowest BCUT2D eigenvalue weighted by Gasteiger charge is -2.47. The van der Waals surface area contributed by atoms with Crippen molar-refractivity contribution in [1.29, 1.82) is 0 Å². The Morgan fingerprint density at radius 1 is 1.00 bits per heavy atom. The lowest BCUT2D eigenvalue weighted by molar-refractivity contribution is 0.0831. The third-order valence-corrected chi connectivity index (χ3v) is 5.22. The second kappa shape index (κ2) is 5.49. The molecule has 0 N–H and O–H groups in total. The lowest BCUT2D eigenvalue weighted by Crippen LogP contribution is -2.46. The minimum atomic E-state index is 0.648. The molecule has 1 aromatic rings. The number of piperidine rings is 2. The molecule has 0 aliphatic carbocycles. The summed E-state index contributed by atoms with van der Waals surface area (Å²) in [7, 11) is 0. The van der Waals surface area contributed by atoms with Crippen LogP contribution in [0.3, 0.4) is 0 Å². The van der Waals surface area contributed by atoms with Crippen molar-refractivity contribution in [1.82, 2.24) is 9.88 Å². The lowest BCUT2D eigenvalue weighted by atomic mass is 9.71.